The fourth-order valence-electron chi connectivity index (χ4n) is 2.12. The number of aromatic nitrogens is 2. The number of H-pyrrole nitrogens is 1. The van der Waals surface area contributed by atoms with E-state index in [0.29, 0.717) is 6.61 Å². The van der Waals surface area contributed by atoms with E-state index < -0.39 is 0 Å². The van der Waals surface area contributed by atoms with E-state index in [9.17, 15) is 4.79 Å². The van der Waals surface area contributed by atoms with Gasteiger partial charge in [-0.15, -0.1) is 11.3 Å². The molecule has 1 N–H and O–H groups in total. The van der Waals surface area contributed by atoms with Crippen LogP contribution in [0, 0.1) is 0 Å². The maximum atomic E-state index is 11.5. The summed E-state index contributed by atoms with van der Waals surface area (Å²) in [6.07, 6.45) is 2.18. The lowest BCUT2D eigenvalue weighted by Gasteiger charge is -1.98. The number of hydrogen-bond donors (Lipinski definition) is 1. The number of hydrogen-bond acceptors (Lipinski definition) is 4. The van der Waals surface area contributed by atoms with Crippen molar-refractivity contribution in [2.45, 2.75) is 13.3 Å². The standard InChI is InChI=1S/C15H14N2O2S/c1-2-19-14(18)7-10-9-20-15(17-10)12-8-16-13-6-4-3-5-11(12)13/h3-6,8-9,16H,2,7H2,1H3. The molecule has 0 atom stereocenters. The molecular weight excluding hydrogens is 272 g/mol. The molecule has 0 aliphatic rings. The van der Waals surface area contributed by atoms with Gasteiger partial charge in [-0.1, -0.05) is 18.2 Å². The van der Waals surface area contributed by atoms with Gasteiger partial charge in [0.2, 0.25) is 0 Å². The van der Waals surface area contributed by atoms with Crippen LogP contribution in [-0.4, -0.2) is 22.5 Å². The van der Waals surface area contributed by atoms with Crippen LogP contribution in [0.3, 0.4) is 0 Å². The minimum atomic E-state index is -0.233. The van der Waals surface area contributed by atoms with Gasteiger partial charge in [0, 0.05) is 28.0 Å². The zero-order valence-corrected chi connectivity index (χ0v) is 11.9. The average Bonchev–Trinajstić information content (AvgIpc) is 3.05. The van der Waals surface area contributed by atoms with E-state index in [4.69, 9.17) is 4.74 Å². The van der Waals surface area contributed by atoms with Gasteiger partial charge in [0.25, 0.3) is 0 Å². The molecule has 0 aliphatic heterocycles. The van der Waals surface area contributed by atoms with Crippen LogP contribution < -0.4 is 0 Å². The van der Waals surface area contributed by atoms with E-state index in [1.807, 2.05) is 29.8 Å². The summed E-state index contributed by atoms with van der Waals surface area (Å²) >= 11 is 1.54. The summed E-state index contributed by atoms with van der Waals surface area (Å²) in [5.74, 6) is -0.233. The van der Waals surface area contributed by atoms with E-state index in [0.717, 1.165) is 27.2 Å². The number of aromatic amines is 1. The number of carbonyl (C=O) groups is 1. The van der Waals surface area contributed by atoms with Gasteiger partial charge in [-0.25, -0.2) is 4.98 Å². The first-order valence-electron chi connectivity index (χ1n) is 6.44. The summed E-state index contributed by atoms with van der Waals surface area (Å²) in [5.41, 5.74) is 2.92. The van der Waals surface area contributed by atoms with Crippen molar-refractivity contribution < 1.29 is 9.53 Å². The summed E-state index contributed by atoms with van der Waals surface area (Å²) in [7, 11) is 0. The molecular formula is C15H14N2O2S. The number of carbonyl (C=O) groups excluding carboxylic acids is 1. The fourth-order valence-corrected chi connectivity index (χ4v) is 2.97. The van der Waals surface area contributed by atoms with Gasteiger partial charge in [0.15, 0.2) is 0 Å². The highest BCUT2D eigenvalue weighted by Gasteiger charge is 2.12. The Hall–Kier alpha value is -2.14. The van der Waals surface area contributed by atoms with Crippen LogP contribution in [-0.2, 0) is 16.0 Å². The number of nitrogens with zero attached hydrogens (tertiary/aromatic N) is 1. The molecule has 5 heteroatoms. The molecule has 0 radical (unpaired) electrons. The summed E-state index contributed by atoms with van der Waals surface area (Å²) in [6.45, 7) is 2.20. The van der Waals surface area contributed by atoms with E-state index in [1.54, 1.807) is 18.3 Å². The van der Waals surface area contributed by atoms with Gasteiger partial charge in [-0.2, -0.15) is 0 Å². The summed E-state index contributed by atoms with van der Waals surface area (Å²) in [6, 6.07) is 8.10. The minimum absolute atomic E-state index is 0.229. The molecule has 102 valence electrons. The Bertz CT molecular complexity index is 745. The molecule has 0 fully saturated rings. The predicted octanol–water partition coefficient (Wildman–Crippen LogP) is 3.40. The lowest BCUT2D eigenvalue weighted by Crippen LogP contribution is -2.07. The molecule has 0 saturated carbocycles. The highest BCUT2D eigenvalue weighted by molar-refractivity contribution is 7.13. The third-order valence-electron chi connectivity index (χ3n) is 3.00. The molecule has 3 aromatic rings. The molecule has 0 unspecified atom stereocenters. The van der Waals surface area contributed by atoms with Crippen molar-refractivity contribution in [1.29, 1.82) is 0 Å². The number of ether oxygens (including phenoxy) is 1. The SMILES string of the molecule is CCOC(=O)Cc1csc(-c2c[nH]c3ccccc23)n1. The van der Waals surface area contributed by atoms with Crippen molar-refractivity contribution in [3.63, 3.8) is 0 Å². The molecule has 0 spiro atoms. The Balaban J connectivity index is 1.88. The van der Waals surface area contributed by atoms with E-state index in [2.05, 4.69) is 16.0 Å². The minimum Gasteiger partial charge on any atom is -0.466 e. The summed E-state index contributed by atoms with van der Waals surface area (Å²) in [5, 5.41) is 3.97. The van der Waals surface area contributed by atoms with Crippen LogP contribution >= 0.6 is 11.3 Å². The van der Waals surface area contributed by atoms with E-state index in [1.165, 1.54) is 0 Å². The Labute approximate surface area is 120 Å². The summed E-state index contributed by atoms with van der Waals surface area (Å²) in [4.78, 5) is 19.2. The van der Waals surface area contributed by atoms with Crippen molar-refractivity contribution in [3.8, 4) is 10.6 Å². The van der Waals surface area contributed by atoms with Crippen molar-refractivity contribution in [2.24, 2.45) is 0 Å². The first kappa shape index (κ1) is 12.9. The highest BCUT2D eigenvalue weighted by Crippen LogP contribution is 2.30. The predicted molar refractivity (Wildman–Crippen MR) is 79.7 cm³/mol. The monoisotopic (exact) mass is 286 g/mol. The van der Waals surface area contributed by atoms with Gasteiger partial charge < -0.3 is 9.72 Å². The van der Waals surface area contributed by atoms with Crippen LogP contribution in [0.5, 0.6) is 0 Å². The Morgan fingerprint density at radius 1 is 1.40 bits per heavy atom. The van der Waals surface area contributed by atoms with Gasteiger partial charge >= 0.3 is 5.97 Å². The topological polar surface area (TPSA) is 55.0 Å². The number of rotatable bonds is 4. The molecule has 4 nitrogen and oxygen atoms in total. The van der Waals surface area contributed by atoms with Crippen molar-refractivity contribution >= 4 is 28.2 Å². The molecule has 0 aliphatic carbocycles. The van der Waals surface area contributed by atoms with Gasteiger partial charge in [0.1, 0.15) is 5.01 Å². The molecule has 0 bridgehead atoms. The van der Waals surface area contributed by atoms with Crippen LogP contribution in [0.4, 0.5) is 0 Å². The number of esters is 1. The molecule has 2 heterocycles. The number of benzene rings is 1. The summed E-state index contributed by atoms with van der Waals surface area (Å²) < 4.78 is 4.94. The Kier molecular flexibility index (Phi) is 3.52. The number of para-hydroxylation sites is 1. The average molecular weight is 286 g/mol. The van der Waals surface area contributed by atoms with E-state index in [-0.39, 0.29) is 12.4 Å². The fraction of sp³-hybridized carbons (Fsp3) is 0.200. The first-order chi connectivity index (χ1) is 9.78. The lowest BCUT2D eigenvalue weighted by molar-refractivity contribution is -0.142. The first-order valence-corrected chi connectivity index (χ1v) is 7.32. The second kappa shape index (κ2) is 5.46. The largest absolute Gasteiger partial charge is 0.466 e. The lowest BCUT2D eigenvalue weighted by atomic mass is 10.2. The molecule has 3 rings (SSSR count). The normalized spacial score (nSPS) is 10.8. The molecule has 0 saturated heterocycles. The van der Waals surface area contributed by atoms with Crippen molar-refractivity contribution in [3.05, 3.63) is 41.5 Å². The number of fused-ring (bicyclic) bond motifs is 1. The van der Waals surface area contributed by atoms with Gasteiger partial charge in [0.05, 0.1) is 18.7 Å². The van der Waals surface area contributed by atoms with Crippen molar-refractivity contribution in [1.82, 2.24) is 9.97 Å². The second-order valence-corrected chi connectivity index (χ2v) is 5.23. The Morgan fingerprint density at radius 3 is 3.10 bits per heavy atom. The quantitative estimate of drug-likeness (QED) is 0.748. The smallest absolute Gasteiger partial charge is 0.311 e. The zero-order valence-electron chi connectivity index (χ0n) is 11.1. The van der Waals surface area contributed by atoms with E-state index >= 15 is 0 Å². The maximum Gasteiger partial charge on any atom is 0.311 e. The third-order valence-corrected chi connectivity index (χ3v) is 3.93. The molecule has 20 heavy (non-hydrogen) atoms. The van der Waals surface area contributed by atoms with Gasteiger partial charge in [-0.05, 0) is 13.0 Å². The van der Waals surface area contributed by atoms with Gasteiger partial charge in [-0.3, -0.25) is 4.79 Å². The van der Waals surface area contributed by atoms with Crippen LogP contribution in [0.15, 0.2) is 35.8 Å². The highest BCUT2D eigenvalue weighted by atomic mass is 32.1. The molecule has 0 amide bonds. The zero-order chi connectivity index (χ0) is 13.9. The van der Waals surface area contributed by atoms with Crippen LogP contribution in [0.2, 0.25) is 0 Å². The van der Waals surface area contributed by atoms with Crippen molar-refractivity contribution in [2.75, 3.05) is 6.61 Å². The molecule has 2 aromatic heterocycles. The molecule has 1 aromatic carbocycles. The van der Waals surface area contributed by atoms with Crippen LogP contribution in [0.25, 0.3) is 21.5 Å². The Morgan fingerprint density at radius 2 is 2.25 bits per heavy atom. The number of nitrogens with one attached hydrogen (secondary N) is 1. The maximum absolute atomic E-state index is 11.5. The third kappa shape index (κ3) is 2.44. The second-order valence-electron chi connectivity index (χ2n) is 4.37. The number of thiazole rings is 1. The van der Waals surface area contributed by atoms with Crippen LogP contribution in [0.1, 0.15) is 12.6 Å².